The number of nitriles is 1. The Morgan fingerprint density at radius 3 is 2.84 bits per heavy atom. The third-order valence-electron chi connectivity index (χ3n) is 2.35. The summed E-state index contributed by atoms with van der Waals surface area (Å²) in [6.45, 7) is 0. The molecule has 2 rings (SSSR count). The van der Waals surface area contributed by atoms with Gasteiger partial charge >= 0.3 is 0 Å². The fourth-order valence-corrected chi connectivity index (χ4v) is 2.09. The normalized spacial score (nSPS) is 9.74. The highest BCUT2D eigenvalue weighted by Gasteiger charge is 2.11. The van der Waals surface area contributed by atoms with E-state index < -0.39 is 0 Å². The Hall–Kier alpha value is -1.90. The third kappa shape index (κ3) is 3.11. The molecule has 0 unspecified atom stereocenters. The predicted octanol–water partition coefficient (Wildman–Crippen LogP) is 3.62. The van der Waals surface area contributed by atoms with Crippen LogP contribution in [0.3, 0.4) is 0 Å². The molecule has 0 radical (unpaired) electrons. The van der Waals surface area contributed by atoms with Crippen LogP contribution in [0.15, 0.2) is 41.1 Å². The van der Waals surface area contributed by atoms with Gasteiger partial charge in [0.05, 0.1) is 16.1 Å². The Morgan fingerprint density at radius 2 is 2.21 bits per heavy atom. The van der Waals surface area contributed by atoms with Crippen molar-refractivity contribution in [1.82, 2.24) is 4.98 Å². The van der Waals surface area contributed by atoms with Crippen LogP contribution in [0.4, 0.5) is 5.69 Å². The summed E-state index contributed by atoms with van der Waals surface area (Å²) in [6.07, 6.45) is 1.58. The molecule has 4 nitrogen and oxygen atoms in total. The quantitative estimate of drug-likeness (QED) is 0.852. The van der Waals surface area contributed by atoms with E-state index in [0.717, 1.165) is 0 Å². The van der Waals surface area contributed by atoms with E-state index in [1.807, 2.05) is 6.07 Å². The highest BCUT2D eigenvalue weighted by molar-refractivity contribution is 9.10. The van der Waals surface area contributed by atoms with E-state index in [2.05, 4.69) is 26.2 Å². The smallest absolute Gasteiger partial charge is 0.258 e. The Balaban J connectivity index is 2.23. The van der Waals surface area contributed by atoms with Crippen molar-refractivity contribution >= 4 is 39.1 Å². The number of benzene rings is 1. The molecule has 0 aliphatic heterocycles. The van der Waals surface area contributed by atoms with Gasteiger partial charge in [-0.3, -0.25) is 4.79 Å². The summed E-state index contributed by atoms with van der Waals surface area (Å²) >= 11 is 9.10. The lowest BCUT2D eigenvalue weighted by atomic mass is 10.2. The second-order valence-electron chi connectivity index (χ2n) is 3.60. The number of nitrogens with one attached hydrogen (secondary N) is 1. The summed E-state index contributed by atoms with van der Waals surface area (Å²) in [5.74, 6) is -0.305. The van der Waals surface area contributed by atoms with Crippen molar-refractivity contribution in [1.29, 1.82) is 5.26 Å². The number of halogens is 2. The number of hydrogen-bond acceptors (Lipinski definition) is 3. The number of anilines is 1. The number of carbonyl (C=O) groups excluding carboxylic acids is 1. The molecule has 0 bridgehead atoms. The largest absolute Gasteiger partial charge is 0.322 e. The minimum Gasteiger partial charge on any atom is -0.322 e. The molecule has 6 heteroatoms. The first-order chi connectivity index (χ1) is 9.11. The van der Waals surface area contributed by atoms with Crippen LogP contribution < -0.4 is 5.32 Å². The van der Waals surface area contributed by atoms with Crippen LogP contribution in [-0.2, 0) is 0 Å². The number of amides is 1. The molecule has 94 valence electrons. The second-order valence-corrected chi connectivity index (χ2v) is 4.76. The SMILES string of the molecule is N#Cc1ccc(NC(=O)c2cccnc2Br)cc1Cl. The second kappa shape index (κ2) is 5.83. The van der Waals surface area contributed by atoms with Gasteiger partial charge in [0, 0.05) is 11.9 Å². The topological polar surface area (TPSA) is 65.8 Å². The molecular weight excluding hydrogens is 330 g/mol. The average Bonchev–Trinajstić information content (AvgIpc) is 2.39. The molecule has 2 aromatic rings. The van der Waals surface area contributed by atoms with E-state index in [0.29, 0.717) is 26.4 Å². The molecule has 0 aliphatic rings. The Morgan fingerprint density at radius 1 is 1.42 bits per heavy atom. The maximum absolute atomic E-state index is 12.0. The van der Waals surface area contributed by atoms with Crippen molar-refractivity contribution in [3.63, 3.8) is 0 Å². The Labute approximate surface area is 123 Å². The van der Waals surface area contributed by atoms with Crippen molar-refractivity contribution in [2.45, 2.75) is 0 Å². The van der Waals surface area contributed by atoms with Gasteiger partial charge in [-0.1, -0.05) is 11.6 Å². The lowest BCUT2D eigenvalue weighted by Gasteiger charge is -2.07. The van der Waals surface area contributed by atoms with Crippen LogP contribution in [0.5, 0.6) is 0 Å². The Kier molecular flexibility index (Phi) is 4.15. The number of rotatable bonds is 2. The van der Waals surface area contributed by atoms with Crippen molar-refractivity contribution in [3.05, 3.63) is 57.3 Å². The van der Waals surface area contributed by atoms with Crippen LogP contribution in [0.1, 0.15) is 15.9 Å². The number of aromatic nitrogens is 1. The fraction of sp³-hybridized carbons (Fsp3) is 0. The molecule has 1 N–H and O–H groups in total. The van der Waals surface area contributed by atoms with E-state index in [9.17, 15) is 4.79 Å². The number of nitrogens with zero attached hydrogens (tertiary/aromatic N) is 2. The number of pyridine rings is 1. The van der Waals surface area contributed by atoms with E-state index in [4.69, 9.17) is 16.9 Å². The van der Waals surface area contributed by atoms with Gasteiger partial charge in [0.15, 0.2) is 0 Å². The predicted molar refractivity (Wildman–Crippen MR) is 76.1 cm³/mol. The molecule has 1 amide bonds. The standard InChI is InChI=1S/C13H7BrClN3O/c14-12-10(2-1-5-17-12)13(19)18-9-4-3-8(7-16)11(15)6-9/h1-6H,(H,18,19). The van der Waals surface area contributed by atoms with E-state index in [1.54, 1.807) is 30.5 Å². The van der Waals surface area contributed by atoms with Gasteiger partial charge < -0.3 is 5.32 Å². The molecule has 0 saturated carbocycles. The zero-order valence-corrected chi connectivity index (χ0v) is 11.9. The maximum atomic E-state index is 12.0. The molecule has 19 heavy (non-hydrogen) atoms. The fourth-order valence-electron chi connectivity index (χ4n) is 1.44. The number of carbonyl (C=O) groups is 1. The van der Waals surface area contributed by atoms with Crippen LogP contribution >= 0.6 is 27.5 Å². The van der Waals surface area contributed by atoms with Gasteiger partial charge in [-0.15, -0.1) is 0 Å². The zero-order chi connectivity index (χ0) is 13.8. The Bertz CT molecular complexity index is 682. The lowest BCUT2D eigenvalue weighted by Crippen LogP contribution is -2.13. The summed E-state index contributed by atoms with van der Waals surface area (Å²) < 4.78 is 0.465. The van der Waals surface area contributed by atoms with E-state index >= 15 is 0 Å². The molecule has 1 aromatic heterocycles. The summed E-state index contributed by atoms with van der Waals surface area (Å²) in [6, 6.07) is 9.98. The molecule has 0 fully saturated rings. The summed E-state index contributed by atoms with van der Waals surface area (Å²) in [4.78, 5) is 16.0. The van der Waals surface area contributed by atoms with Crippen LogP contribution in [0.25, 0.3) is 0 Å². The van der Waals surface area contributed by atoms with Gasteiger partial charge in [0.25, 0.3) is 5.91 Å². The molecule has 1 aromatic carbocycles. The summed E-state index contributed by atoms with van der Waals surface area (Å²) in [5, 5.41) is 11.8. The van der Waals surface area contributed by atoms with Gasteiger partial charge in [-0.25, -0.2) is 4.98 Å². The van der Waals surface area contributed by atoms with E-state index in [1.165, 1.54) is 6.07 Å². The minimum atomic E-state index is -0.305. The maximum Gasteiger partial charge on any atom is 0.258 e. The van der Waals surface area contributed by atoms with Gasteiger partial charge in [0.2, 0.25) is 0 Å². The minimum absolute atomic E-state index is 0.297. The molecule has 0 saturated heterocycles. The molecule has 0 atom stereocenters. The van der Waals surface area contributed by atoms with Crippen LogP contribution in [-0.4, -0.2) is 10.9 Å². The molecule has 0 spiro atoms. The molecular formula is C13H7BrClN3O. The monoisotopic (exact) mass is 335 g/mol. The molecule has 0 aliphatic carbocycles. The highest BCUT2D eigenvalue weighted by atomic mass is 79.9. The first-order valence-corrected chi connectivity index (χ1v) is 6.40. The van der Waals surface area contributed by atoms with E-state index in [-0.39, 0.29) is 5.91 Å². The lowest BCUT2D eigenvalue weighted by molar-refractivity contribution is 0.102. The highest BCUT2D eigenvalue weighted by Crippen LogP contribution is 2.21. The first kappa shape index (κ1) is 13.5. The van der Waals surface area contributed by atoms with Gasteiger partial charge in [-0.05, 0) is 46.3 Å². The van der Waals surface area contributed by atoms with Gasteiger partial charge in [-0.2, -0.15) is 5.26 Å². The van der Waals surface area contributed by atoms with Crippen molar-refractivity contribution < 1.29 is 4.79 Å². The van der Waals surface area contributed by atoms with Crippen LogP contribution in [0.2, 0.25) is 5.02 Å². The van der Waals surface area contributed by atoms with Crippen molar-refractivity contribution in [2.24, 2.45) is 0 Å². The summed E-state index contributed by atoms with van der Waals surface area (Å²) in [5.41, 5.74) is 1.30. The van der Waals surface area contributed by atoms with Crippen molar-refractivity contribution in [2.75, 3.05) is 5.32 Å². The average molecular weight is 337 g/mol. The third-order valence-corrected chi connectivity index (χ3v) is 3.30. The first-order valence-electron chi connectivity index (χ1n) is 5.23. The zero-order valence-electron chi connectivity index (χ0n) is 9.52. The molecule has 1 heterocycles. The van der Waals surface area contributed by atoms with Crippen molar-refractivity contribution in [3.8, 4) is 6.07 Å². The van der Waals surface area contributed by atoms with Gasteiger partial charge in [0.1, 0.15) is 10.7 Å². The van der Waals surface area contributed by atoms with Crippen LogP contribution in [0, 0.1) is 11.3 Å². The summed E-state index contributed by atoms with van der Waals surface area (Å²) in [7, 11) is 0. The number of hydrogen-bond donors (Lipinski definition) is 1.